The number of hydrogen-bond acceptors (Lipinski definition) is 0. The molecule has 33 heavy (non-hydrogen) atoms. The molecule has 10 heteroatoms. The zero-order valence-corrected chi connectivity index (χ0v) is 26.5. The predicted molar refractivity (Wildman–Crippen MR) is 131 cm³/mol. The van der Waals surface area contributed by atoms with Crippen LogP contribution in [0.1, 0.15) is 73.6 Å². The molecule has 0 amide bonds. The Morgan fingerprint density at radius 3 is 1.09 bits per heavy atom. The van der Waals surface area contributed by atoms with Crippen molar-refractivity contribution < 1.29 is 36.4 Å². The van der Waals surface area contributed by atoms with Gasteiger partial charge in [-0.25, -0.2) is 0 Å². The summed E-state index contributed by atoms with van der Waals surface area (Å²) in [5.74, 6) is 1.62. The fraction of sp³-hybridized carbons (Fsp3) is 0.826. The molecule has 4 aliphatic rings. The normalized spacial score (nSPS) is 35.0. The summed E-state index contributed by atoms with van der Waals surface area (Å²) < 4.78 is 59.6. The largest absolute Gasteiger partial charge is 0 e. The minimum absolute atomic E-state index is 0. The van der Waals surface area contributed by atoms with Crippen LogP contribution in [0.2, 0.25) is 0 Å². The van der Waals surface area contributed by atoms with Crippen molar-refractivity contribution in [3.05, 3.63) is 24.3 Å². The molecular formula is C23H40F6P2RhSb-. The first-order valence-corrected chi connectivity index (χ1v) is 20.6. The Hall–Kier alpha value is 1.36. The summed E-state index contributed by atoms with van der Waals surface area (Å²) in [6.45, 7) is 15.0. The van der Waals surface area contributed by atoms with Crippen LogP contribution >= 0.6 is 15.8 Å². The Kier molecular flexibility index (Phi) is 10.4. The first-order valence-electron chi connectivity index (χ1n) is 11.6. The van der Waals surface area contributed by atoms with E-state index >= 15 is 0 Å². The third-order valence-electron chi connectivity index (χ3n) is 6.52. The summed E-state index contributed by atoms with van der Waals surface area (Å²) in [6.07, 6.45) is 19.8. The van der Waals surface area contributed by atoms with Crippen molar-refractivity contribution in [2.24, 2.45) is 11.8 Å². The molecule has 0 nitrogen and oxygen atoms in total. The number of hydrogen-bond donors (Lipinski definition) is 0. The van der Waals surface area contributed by atoms with Gasteiger partial charge in [0.05, 0.1) is 0 Å². The summed E-state index contributed by atoms with van der Waals surface area (Å²) in [7, 11) is 0.564. The van der Waals surface area contributed by atoms with Gasteiger partial charge in [-0.15, -0.1) is 0 Å². The second kappa shape index (κ2) is 10.6. The summed E-state index contributed by atoms with van der Waals surface area (Å²) in [4.78, 5) is 0. The summed E-state index contributed by atoms with van der Waals surface area (Å²) in [6, 6.07) is 0. The van der Waals surface area contributed by atoms with Gasteiger partial charge >= 0.3 is 36.4 Å². The molecule has 0 aromatic carbocycles. The monoisotopic (exact) mass is 716 g/mol. The first-order chi connectivity index (χ1) is 14.1. The zero-order valence-electron chi connectivity index (χ0n) is 20.5. The van der Waals surface area contributed by atoms with Gasteiger partial charge in [-0.05, 0) is 77.9 Å². The molecule has 2 aliphatic heterocycles. The Labute approximate surface area is 214 Å². The third-order valence-corrected chi connectivity index (χ3v) is 14.6. The van der Waals surface area contributed by atoms with Crippen LogP contribution in [-0.2, 0) is 19.5 Å². The van der Waals surface area contributed by atoms with Gasteiger partial charge in [0, 0.05) is 19.5 Å². The molecule has 0 aromatic rings. The number of fused-ring (bicyclic) bond motifs is 2. The number of halogens is 6. The molecule has 1 radical (unpaired) electrons. The van der Waals surface area contributed by atoms with E-state index in [-0.39, 0.29) is 35.3 Å². The van der Waals surface area contributed by atoms with Gasteiger partial charge in [0.2, 0.25) is 0 Å². The van der Waals surface area contributed by atoms with Crippen LogP contribution in [-0.4, -0.2) is 53.4 Å². The molecule has 0 unspecified atom stereocenters. The van der Waals surface area contributed by atoms with Crippen molar-refractivity contribution in [3.8, 4) is 0 Å². The van der Waals surface area contributed by atoms with Crippen LogP contribution in [0.3, 0.4) is 0 Å². The maximum absolute atomic E-state index is 11.2. The molecule has 0 saturated carbocycles. The van der Waals surface area contributed by atoms with Gasteiger partial charge in [-0.3, -0.25) is 0 Å². The Morgan fingerprint density at radius 1 is 0.636 bits per heavy atom. The molecule has 2 aliphatic carbocycles. The topological polar surface area (TPSA) is 0 Å². The van der Waals surface area contributed by atoms with E-state index in [2.05, 4.69) is 65.8 Å². The van der Waals surface area contributed by atoms with E-state index in [9.17, 15) is 16.9 Å². The van der Waals surface area contributed by atoms with Crippen molar-refractivity contribution in [2.75, 3.05) is 12.3 Å². The molecule has 4 atom stereocenters. The number of allylic oxidation sites excluding steroid dienone is 4. The summed E-state index contributed by atoms with van der Waals surface area (Å²) in [5.41, 5.74) is 2.24. The van der Waals surface area contributed by atoms with Crippen LogP contribution in [0.4, 0.5) is 16.9 Å². The van der Waals surface area contributed by atoms with Crippen LogP contribution in [0.15, 0.2) is 24.3 Å². The van der Waals surface area contributed by atoms with E-state index in [1.54, 1.807) is 25.2 Å². The smallest absolute Gasteiger partial charge is 0 e. The van der Waals surface area contributed by atoms with Crippen molar-refractivity contribution in [1.29, 1.82) is 0 Å². The van der Waals surface area contributed by atoms with Gasteiger partial charge in [0.25, 0.3) is 0 Å². The maximum Gasteiger partial charge on any atom is 0 e. The Balaban J connectivity index is 0.000000298. The van der Waals surface area contributed by atoms with E-state index < -0.39 is 19.5 Å². The van der Waals surface area contributed by atoms with E-state index in [1.165, 1.54) is 19.3 Å². The van der Waals surface area contributed by atoms with Crippen LogP contribution < -0.4 is 0 Å². The first kappa shape index (κ1) is 32.4. The SMILES string of the molecule is C1=CC2C=CC1C2.CC(C)(C)[P@]1CCC[C@@H]1[C@H]1CCC[P@@]1C(C)(C)C.[F][Sb-]([F])([F])([F])([F])[F].[Rh]. The summed E-state index contributed by atoms with van der Waals surface area (Å²) >= 11 is -11.2. The molecule has 2 bridgehead atoms. The molecule has 4 rings (SSSR count). The molecular weight excluding hydrogens is 677 g/mol. The third kappa shape index (κ3) is 12.4. The van der Waals surface area contributed by atoms with Crippen molar-refractivity contribution in [1.82, 2.24) is 0 Å². The fourth-order valence-electron chi connectivity index (χ4n) is 5.38. The van der Waals surface area contributed by atoms with E-state index in [4.69, 9.17) is 0 Å². The minimum Gasteiger partial charge on any atom is 0 e. The predicted octanol–water partition coefficient (Wildman–Crippen LogP) is 9.76. The Morgan fingerprint density at radius 2 is 0.909 bits per heavy atom. The summed E-state index contributed by atoms with van der Waals surface area (Å²) in [5, 5.41) is 1.19. The fourth-order valence-corrected chi connectivity index (χ4v) is 13.5. The van der Waals surface area contributed by atoms with Crippen molar-refractivity contribution in [3.63, 3.8) is 0 Å². The number of rotatable bonds is 1. The molecule has 2 saturated heterocycles. The van der Waals surface area contributed by atoms with Crippen LogP contribution in [0, 0.1) is 11.8 Å². The second-order valence-electron chi connectivity index (χ2n) is 11.4. The molecule has 199 valence electrons. The average Bonchev–Trinajstić information content (AvgIpc) is 3.33. The van der Waals surface area contributed by atoms with Crippen molar-refractivity contribution >= 4 is 35.3 Å². The van der Waals surface area contributed by atoms with Gasteiger partial charge < -0.3 is 0 Å². The zero-order chi connectivity index (χ0) is 24.7. The van der Waals surface area contributed by atoms with E-state index in [1.807, 2.05) is 0 Å². The van der Waals surface area contributed by atoms with Gasteiger partial charge in [0.15, 0.2) is 0 Å². The molecule has 2 heterocycles. The van der Waals surface area contributed by atoms with Crippen molar-refractivity contribution in [2.45, 2.75) is 95.3 Å². The second-order valence-corrected chi connectivity index (χ2v) is 23.7. The maximum atomic E-state index is 9.93. The van der Waals surface area contributed by atoms with Gasteiger partial charge in [-0.1, -0.05) is 81.7 Å². The standard InChI is InChI=1S/C16H32P2.C7H8.6FH.Rh.Sb/c1-15(2,3)17-11-7-9-13(17)14-10-8-12-18(14)16(4,5)6;1-2-7-4-3-6(1)5-7;;;;;;;;/h13-14H,7-12H2,1-6H3;1-4,6-7H,5H2;6*1H;;/q;;;;;;;;;+5/p-6/t13-,14-,17-,18-;;;;;;;;;/m1........./s1. The van der Waals surface area contributed by atoms with E-state index in [0.29, 0.717) is 10.3 Å². The molecule has 2 fully saturated rings. The quantitative estimate of drug-likeness (QED) is 0.110. The minimum atomic E-state index is -11.2. The Bertz CT molecular complexity index is 640. The average molecular weight is 717 g/mol. The molecule has 0 aromatic heterocycles. The molecule has 0 spiro atoms. The van der Waals surface area contributed by atoms with E-state index in [0.717, 1.165) is 23.2 Å². The van der Waals surface area contributed by atoms with Gasteiger partial charge in [-0.2, -0.15) is 0 Å². The molecule has 0 N–H and O–H groups in total. The van der Waals surface area contributed by atoms with Crippen LogP contribution in [0.5, 0.6) is 0 Å². The van der Waals surface area contributed by atoms with Crippen LogP contribution in [0.25, 0.3) is 0 Å². The van der Waals surface area contributed by atoms with Gasteiger partial charge in [0.1, 0.15) is 0 Å².